The van der Waals surface area contributed by atoms with Gasteiger partial charge in [0.15, 0.2) is 5.82 Å². The van der Waals surface area contributed by atoms with Gasteiger partial charge in [0.05, 0.1) is 5.54 Å². The third-order valence-corrected chi connectivity index (χ3v) is 5.48. The van der Waals surface area contributed by atoms with E-state index in [9.17, 15) is 8.42 Å². The highest BCUT2D eigenvalue weighted by molar-refractivity contribution is 7.88. The van der Waals surface area contributed by atoms with E-state index in [2.05, 4.69) is 10.1 Å². The summed E-state index contributed by atoms with van der Waals surface area (Å²) in [5, 5.41) is 3.81. The zero-order valence-electron chi connectivity index (χ0n) is 11.3. The van der Waals surface area contributed by atoms with Gasteiger partial charge >= 0.3 is 0 Å². The minimum Gasteiger partial charge on any atom is -0.338 e. The molecule has 19 heavy (non-hydrogen) atoms. The van der Waals surface area contributed by atoms with E-state index >= 15 is 0 Å². The van der Waals surface area contributed by atoms with Crippen LogP contribution < -0.4 is 5.73 Å². The summed E-state index contributed by atoms with van der Waals surface area (Å²) in [5.74, 6) is 0.264. The topological polar surface area (TPSA) is 102 Å². The van der Waals surface area contributed by atoms with Crippen molar-refractivity contribution in [1.82, 2.24) is 14.4 Å². The summed E-state index contributed by atoms with van der Waals surface area (Å²) in [6.45, 7) is 4.45. The van der Waals surface area contributed by atoms with Crippen molar-refractivity contribution >= 4 is 10.0 Å². The number of hydrogen-bond donors (Lipinski definition) is 1. The van der Waals surface area contributed by atoms with Gasteiger partial charge in [-0.2, -0.15) is 4.98 Å². The molecule has 0 spiro atoms. The summed E-state index contributed by atoms with van der Waals surface area (Å²) in [5.41, 5.74) is 5.54. The number of nitrogens with two attached hydrogens (primary N) is 1. The first-order valence-corrected chi connectivity index (χ1v) is 8.12. The number of hydrogen-bond acceptors (Lipinski definition) is 6. The lowest BCUT2D eigenvalue weighted by molar-refractivity contribution is 0.229. The van der Waals surface area contributed by atoms with Gasteiger partial charge in [0, 0.05) is 13.1 Å². The van der Waals surface area contributed by atoms with E-state index in [0.717, 1.165) is 19.3 Å². The molecule has 0 unspecified atom stereocenters. The normalized spacial score (nSPS) is 18.5. The Bertz CT molecular complexity index is 532. The van der Waals surface area contributed by atoms with Crippen LogP contribution in [-0.4, -0.2) is 36.0 Å². The highest BCUT2D eigenvalue weighted by Gasteiger charge is 2.39. The number of nitrogens with zero attached hydrogens (tertiary/aromatic N) is 3. The van der Waals surface area contributed by atoms with Crippen molar-refractivity contribution in [3.8, 4) is 0 Å². The van der Waals surface area contributed by atoms with E-state index in [1.54, 1.807) is 13.8 Å². The molecule has 1 aliphatic rings. The Kier molecular flexibility index (Phi) is 3.93. The molecule has 7 nitrogen and oxygen atoms in total. The van der Waals surface area contributed by atoms with Crippen LogP contribution in [0.3, 0.4) is 0 Å². The Morgan fingerprint density at radius 2 is 2.00 bits per heavy atom. The maximum absolute atomic E-state index is 12.1. The molecule has 0 amide bonds. The van der Waals surface area contributed by atoms with Crippen molar-refractivity contribution < 1.29 is 12.9 Å². The van der Waals surface area contributed by atoms with E-state index in [1.165, 1.54) is 4.31 Å². The molecule has 0 radical (unpaired) electrons. The van der Waals surface area contributed by atoms with Crippen LogP contribution in [0.15, 0.2) is 4.52 Å². The SMILES string of the molecule is CCN(CC)S(=O)(=O)Cc1nc(C2(N)CCC2)no1. The lowest BCUT2D eigenvalue weighted by atomic mass is 9.77. The van der Waals surface area contributed by atoms with E-state index in [4.69, 9.17) is 10.3 Å². The van der Waals surface area contributed by atoms with Crippen LogP contribution >= 0.6 is 0 Å². The average molecular weight is 288 g/mol. The van der Waals surface area contributed by atoms with Gasteiger partial charge in [0.2, 0.25) is 15.9 Å². The highest BCUT2D eigenvalue weighted by atomic mass is 32.2. The molecule has 0 saturated heterocycles. The second-order valence-electron chi connectivity index (χ2n) is 4.86. The summed E-state index contributed by atoms with van der Waals surface area (Å²) < 4.78 is 30.5. The third-order valence-electron chi connectivity index (χ3n) is 3.56. The van der Waals surface area contributed by atoms with Crippen molar-refractivity contribution in [2.45, 2.75) is 44.4 Å². The van der Waals surface area contributed by atoms with Crippen LogP contribution in [0.1, 0.15) is 44.8 Å². The Hall–Kier alpha value is -0.990. The number of sulfonamides is 1. The van der Waals surface area contributed by atoms with Gasteiger partial charge in [-0.3, -0.25) is 0 Å². The summed E-state index contributed by atoms with van der Waals surface area (Å²) in [6.07, 6.45) is 2.67. The van der Waals surface area contributed by atoms with Gasteiger partial charge in [-0.1, -0.05) is 19.0 Å². The number of aromatic nitrogens is 2. The molecule has 0 atom stereocenters. The Labute approximate surface area is 113 Å². The van der Waals surface area contributed by atoms with E-state index < -0.39 is 15.6 Å². The van der Waals surface area contributed by atoms with Gasteiger partial charge < -0.3 is 10.3 Å². The summed E-state index contributed by atoms with van der Waals surface area (Å²) in [4.78, 5) is 4.13. The minimum absolute atomic E-state index is 0.110. The first-order valence-electron chi connectivity index (χ1n) is 6.51. The second kappa shape index (κ2) is 5.18. The summed E-state index contributed by atoms with van der Waals surface area (Å²) in [7, 11) is -3.40. The average Bonchev–Trinajstić information content (AvgIpc) is 2.75. The molecule has 1 aromatic rings. The van der Waals surface area contributed by atoms with Gasteiger partial charge in [0.1, 0.15) is 5.75 Å². The predicted molar refractivity (Wildman–Crippen MR) is 69.6 cm³/mol. The van der Waals surface area contributed by atoms with Crippen molar-refractivity contribution in [2.75, 3.05) is 13.1 Å². The zero-order chi connectivity index (χ0) is 14.1. The predicted octanol–water partition coefficient (Wildman–Crippen LogP) is 0.579. The van der Waals surface area contributed by atoms with Gasteiger partial charge in [0.25, 0.3) is 0 Å². The third kappa shape index (κ3) is 2.80. The Balaban J connectivity index is 2.12. The lowest BCUT2D eigenvalue weighted by Crippen LogP contribution is -2.44. The monoisotopic (exact) mass is 288 g/mol. The second-order valence-corrected chi connectivity index (χ2v) is 6.83. The van der Waals surface area contributed by atoms with Crippen LogP contribution in [0.2, 0.25) is 0 Å². The molecule has 2 N–H and O–H groups in total. The largest absolute Gasteiger partial charge is 0.338 e. The molecule has 0 aromatic carbocycles. The van der Waals surface area contributed by atoms with Crippen LogP contribution in [0.4, 0.5) is 0 Å². The first-order chi connectivity index (χ1) is 8.91. The molecule has 8 heteroatoms. The smallest absolute Gasteiger partial charge is 0.243 e. The fourth-order valence-electron chi connectivity index (χ4n) is 2.16. The molecule has 1 aliphatic carbocycles. The van der Waals surface area contributed by atoms with E-state index in [0.29, 0.717) is 18.9 Å². The molecule has 2 rings (SSSR count). The lowest BCUT2D eigenvalue weighted by Gasteiger charge is -2.34. The van der Waals surface area contributed by atoms with Crippen molar-refractivity contribution in [3.63, 3.8) is 0 Å². The van der Waals surface area contributed by atoms with E-state index in [-0.39, 0.29) is 11.6 Å². The fraction of sp³-hybridized carbons (Fsp3) is 0.818. The molecular formula is C11H20N4O3S. The standard InChI is InChI=1S/C11H20N4O3S/c1-3-15(4-2)19(16,17)8-9-13-10(14-18-9)11(12)6-5-7-11/h3-8,12H2,1-2H3. The maximum Gasteiger partial charge on any atom is 0.243 e. The van der Waals surface area contributed by atoms with Crippen LogP contribution in [0.25, 0.3) is 0 Å². The van der Waals surface area contributed by atoms with Crippen LogP contribution in [0.5, 0.6) is 0 Å². The molecular weight excluding hydrogens is 268 g/mol. The quantitative estimate of drug-likeness (QED) is 0.821. The molecule has 1 fully saturated rings. The number of rotatable bonds is 6. The first kappa shape index (κ1) is 14.4. The maximum atomic E-state index is 12.1. The van der Waals surface area contributed by atoms with E-state index in [1.807, 2.05) is 0 Å². The molecule has 1 heterocycles. The summed E-state index contributed by atoms with van der Waals surface area (Å²) >= 11 is 0. The van der Waals surface area contributed by atoms with Gasteiger partial charge in [-0.15, -0.1) is 0 Å². The Morgan fingerprint density at radius 1 is 1.37 bits per heavy atom. The molecule has 0 bridgehead atoms. The van der Waals surface area contributed by atoms with Gasteiger partial charge in [-0.25, -0.2) is 12.7 Å². The van der Waals surface area contributed by atoms with Crippen molar-refractivity contribution in [3.05, 3.63) is 11.7 Å². The van der Waals surface area contributed by atoms with Crippen molar-refractivity contribution in [1.29, 1.82) is 0 Å². The van der Waals surface area contributed by atoms with Gasteiger partial charge in [-0.05, 0) is 19.3 Å². The van der Waals surface area contributed by atoms with Crippen LogP contribution in [-0.2, 0) is 21.3 Å². The zero-order valence-corrected chi connectivity index (χ0v) is 12.1. The minimum atomic E-state index is -3.40. The molecule has 0 aliphatic heterocycles. The molecule has 1 saturated carbocycles. The van der Waals surface area contributed by atoms with Crippen LogP contribution in [0, 0.1) is 0 Å². The molecule has 108 valence electrons. The summed E-state index contributed by atoms with van der Waals surface area (Å²) in [6, 6.07) is 0. The Morgan fingerprint density at radius 3 is 2.47 bits per heavy atom. The highest BCUT2D eigenvalue weighted by Crippen LogP contribution is 2.36. The van der Waals surface area contributed by atoms with Crippen molar-refractivity contribution in [2.24, 2.45) is 5.73 Å². The fourth-order valence-corrected chi connectivity index (χ4v) is 3.56. The molecule has 1 aromatic heterocycles.